The van der Waals surface area contributed by atoms with Crippen LogP contribution in [-0.4, -0.2) is 11.1 Å². The first-order valence-electron chi connectivity index (χ1n) is 6.72. The van der Waals surface area contributed by atoms with E-state index in [-0.39, 0.29) is 5.91 Å². The topological polar surface area (TPSA) is 41.5 Å². The molecule has 1 aliphatic heterocycles. The number of amidine groups is 1. The number of nitrogens with one attached hydrogen (secondary N) is 1. The first kappa shape index (κ1) is 15.1. The summed E-state index contributed by atoms with van der Waals surface area (Å²) >= 11 is 4.79. The van der Waals surface area contributed by atoms with Crippen molar-refractivity contribution in [2.45, 2.75) is 6.92 Å². The number of nitrogens with zero attached hydrogens (tertiary/aromatic N) is 1. The van der Waals surface area contributed by atoms with E-state index in [9.17, 15) is 4.79 Å². The Labute approximate surface area is 141 Å². The maximum Gasteiger partial charge on any atom is 0.264 e. The summed E-state index contributed by atoms with van der Waals surface area (Å²) in [5, 5.41) is 3.42. The fourth-order valence-electron chi connectivity index (χ4n) is 2.03. The summed E-state index contributed by atoms with van der Waals surface area (Å²) < 4.78 is 0.985. The number of rotatable bonds is 2. The van der Waals surface area contributed by atoms with Gasteiger partial charge in [-0.2, -0.15) is 0 Å². The van der Waals surface area contributed by atoms with Gasteiger partial charge in [0.25, 0.3) is 5.91 Å². The van der Waals surface area contributed by atoms with Crippen LogP contribution in [0.5, 0.6) is 0 Å². The van der Waals surface area contributed by atoms with Crippen molar-refractivity contribution < 1.29 is 4.79 Å². The average Bonchev–Trinajstić information content (AvgIpc) is 2.81. The van der Waals surface area contributed by atoms with Gasteiger partial charge in [-0.05, 0) is 54.1 Å². The monoisotopic (exact) mass is 372 g/mol. The molecule has 1 amide bonds. The highest BCUT2D eigenvalue weighted by molar-refractivity contribution is 9.10. The van der Waals surface area contributed by atoms with E-state index in [2.05, 4.69) is 26.2 Å². The third kappa shape index (κ3) is 3.48. The molecule has 0 atom stereocenters. The third-order valence-corrected chi connectivity index (χ3v) is 4.54. The number of benzene rings is 2. The van der Waals surface area contributed by atoms with Gasteiger partial charge in [-0.1, -0.05) is 46.3 Å². The minimum atomic E-state index is -0.114. The molecule has 0 aliphatic carbocycles. The van der Waals surface area contributed by atoms with Crippen LogP contribution in [-0.2, 0) is 4.79 Å². The van der Waals surface area contributed by atoms with Gasteiger partial charge in [0.2, 0.25) is 0 Å². The Morgan fingerprint density at radius 3 is 2.77 bits per heavy atom. The second-order valence-electron chi connectivity index (χ2n) is 4.82. The molecule has 0 saturated carbocycles. The van der Waals surface area contributed by atoms with E-state index >= 15 is 0 Å². The van der Waals surface area contributed by atoms with Gasteiger partial charge < -0.3 is 5.32 Å². The van der Waals surface area contributed by atoms with Crippen LogP contribution in [0.15, 0.2) is 62.9 Å². The number of amides is 1. The molecule has 1 N–H and O–H groups in total. The second-order valence-corrected chi connectivity index (χ2v) is 6.77. The molecule has 0 radical (unpaired) electrons. The molecule has 0 unspecified atom stereocenters. The van der Waals surface area contributed by atoms with Gasteiger partial charge in [0.15, 0.2) is 5.17 Å². The van der Waals surface area contributed by atoms with Crippen LogP contribution in [0.4, 0.5) is 5.69 Å². The molecule has 0 spiro atoms. The molecule has 1 heterocycles. The number of aliphatic imine (C=N–C) groups is 1. The maximum atomic E-state index is 12.1. The molecule has 110 valence electrons. The van der Waals surface area contributed by atoms with Crippen molar-refractivity contribution in [3.05, 3.63) is 69.0 Å². The van der Waals surface area contributed by atoms with Gasteiger partial charge in [-0.15, -0.1) is 0 Å². The lowest BCUT2D eigenvalue weighted by Gasteiger charge is -1.99. The summed E-state index contributed by atoms with van der Waals surface area (Å²) in [6.45, 7) is 2.00. The number of hydrogen-bond donors (Lipinski definition) is 1. The van der Waals surface area contributed by atoms with E-state index in [1.807, 2.05) is 61.5 Å². The molecule has 2 aromatic rings. The SMILES string of the molecule is Cc1ccccc1N=C1NC(=O)/C(=C\c2cccc(Br)c2)S1. The Bertz CT molecular complexity index is 799. The fourth-order valence-corrected chi connectivity index (χ4v) is 3.28. The largest absolute Gasteiger partial charge is 0.300 e. The Morgan fingerprint density at radius 2 is 2.00 bits per heavy atom. The van der Waals surface area contributed by atoms with Crippen molar-refractivity contribution in [3.63, 3.8) is 0 Å². The van der Waals surface area contributed by atoms with Crippen molar-refractivity contribution in [2.75, 3.05) is 0 Å². The number of hydrogen-bond acceptors (Lipinski definition) is 3. The van der Waals surface area contributed by atoms with Gasteiger partial charge in [-0.3, -0.25) is 4.79 Å². The van der Waals surface area contributed by atoms with Crippen molar-refractivity contribution in [1.29, 1.82) is 0 Å². The first-order chi connectivity index (χ1) is 10.6. The minimum Gasteiger partial charge on any atom is -0.300 e. The normalized spacial score (nSPS) is 18.0. The molecule has 1 saturated heterocycles. The molecule has 0 bridgehead atoms. The van der Waals surface area contributed by atoms with Gasteiger partial charge in [0.05, 0.1) is 10.6 Å². The lowest BCUT2D eigenvalue weighted by molar-refractivity contribution is -0.115. The molecule has 3 rings (SSSR count). The van der Waals surface area contributed by atoms with Crippen LogP contribution in [0.3, 0.4) is 0 Å². The molecule has 2 aromatic carbocycles. The zero-order chi connectivity index (χ0) is 15.5. The highest BCUT2D eigenvalue weighted by Crippen LogP contribution is 2.29. The molecule has 1 fully saturated rings. The Morgan fingerprint density at radius 1 is 1.18 bits per heavy atom. The molecule has 3 nitrogen and oxygen atoms in total. The lowest BCUT2D eigenvalue weighted by Crippen LogP contribution is -2.19. The molecular formula is C17H13BrN2OS. The van der Waals surface area contributed by atoms with Gasteiger partial charge in [-0.25, -0.2) is 4.99 Å². The van der Waals surface area contributed by atoms with Crippen molar-refractivity contribution in [1.82, 2.24) is 5.32 Å². The van der Waals surface area contributed by atoms with E-state index in [4.69, 9.17) is 0 Å². The van der Waals surface area contributed by atoms with E-state index in [1.165, 1.54) is 11.8 Å². The molecule has 22 heavy (non-hydrogen) atoms. The van der Waals surface area contributed by atoms with Crippen LogP contribution in [0.1, 0.15) is 11.1 Å². The number of halogens is 1. The molecule has 5 heteroatoms. The standard InChI is InChI=1S/C17H13BrN2OS/c1-11-5-2-3-8-14(11)19-17-20-16(21)15(22-17)10-12-6-4-7-13(18)9-12/h2-10H,1H3,(H,19,20,21)/b15-10+. The molecular weight excluding hydrogens is 360 g/mol. The number of thioether (sulfide) groups is 1. The summed E-state index contributed by atoms with van der Waals surface area (Å²) in [6.07, 6.45) is 1.87. The number of carbonyl (C=O) groups is 1. The number of carbonyl (C=O) groups excluding carboxylic acids is 1. The summed E-state index contributed by atoms with van der Waals surface area (Å²) in [5.41, 5.74) is 2.92. The Balaban J connectivity index is 1.86. The van der Waals surface area contributed by atoms with E-state index in [1.54, 1.807) is 0 Å². The van der Waals surface area contributed by atoms with Crippen LogP contribution >= 0.6 is 27.7 Å². The van der Waals surface area contributed by atoms with Crippen LogP contribution < -0.4 is 5.32 Å². The quantitative estimate of drug-likeness (QED) is 0.779. The van der Waals surface area contributed by atoms with Gasteiger partial charge in [0, 0.05) is 4.47 Å². The Hall–Kier alpha value is -1.85. The van der Waals surface area contributed by atoms with Crippen LogP contribution in [0.2, 0.25) is 0 Å². The average molecular weight is 373 g/mol. The summed E-state index contributed by atoms with van der Waals surface area (Å²) in [6, 6.07) is 15.7. The van der Waals surface area contributed by atoms with Gasteiger partial charge in [0.1, 0.15) is 0 Å². The predicted molar refractivity (Wildman–Crippen MR) is 96.1 cm³/mol. The highest BCUT2D eigenvalue weighted by atomic mass is 79.9. The third-order valence-electron chi connectivity index (χ3n) is 3.13. The first-order valence-corrected chi connectivity index (χ1v) is 8.33. The maximum absolute atomic E-state index is 12.1. The number of aryl methyl sites for hydroxylation is 1. The molecule has 0 aromatic heterocycles. The van der Waals surface area contributed by atoms with E-state index < -0.39 is 0 Å². The van der Waals surface area contributed by atoms with E-state index in [0.29, 0.717) is 10.1 Å². The number of para-hydroxylation sites is 1. The highest BCUT2D eigenvalue weighted by Gasteiger charge is 2.23. The summed E-state index contributed by atoms with van der Waals surface area (Å²) in [7, 11) is 0. The van der Waals surface area contributed by atoms with E-state index in [0.717, 1.165) is 21.3 Å². The van der Waals surface area contributed by atoms with Crippen LogP contribution in [0, 0.1) is 6.92 Å². The predicted octanol–water partition coefficient (Wildman–Crippen LogP) is 4.65. The Kier molecular flexibility index (Phi) is 4.45. The smallest absolute Gasteiger partial charge is 0.264 e. The summed E-state index contributed by atoms with van der Waals surface area (Å²) in [5.74, 6) is -0.114. The lowest BCUT2D eigenvalue weighted by atomic mass is 10.2. The zero-order valence-electron chi connectivity index (χ0n) is 11.8. The van der Waals surface area contributed by atoms with Crippen molar-refractivity contribution in [3.8, 4) is 0 Å². The van der Waals surface area contributed by atoms with Crippen LogP contribution in [0.25, 0.3) is 6.08 Å². The zero-order valence-corrected chi connectivity index (χ0v) is 14.2. The fraction of sp³-hybridized carbons (Fsp3) is 0.0588. The van der Waals surface area contributed by atoms with Crippen molar-refractivity contribution >= 4 is 50.5 Å². The summed E-state index contributed by atoms with van der Waals surface area (Å²) in [4.78, 5) is 17.2. The minimum absolute atomic E-state index is 0.114. The van der Waals surface area contributed by atoms with Crippen molar-refractivity contribution in [2.24, 2.45) is 4.99 Å². The van der Waals surface area contributed by atoms with Gasteiger partial charge >= 0.3 is 0 Å². The second kappa shape index (κ2) is 6.50. The molecule has 1 aliphatic rings.